The number of anilines is 3. The Hall–Kier alpha value is -3.87. The van der Waals surface area contributed by atoms with Gasteiger partial charge in [0.1, 0.15) is 5.75 Å². The molecule has 7 nitrogen and oxygen atoms in total. The molecule has 0 aliphatic rings. The van der Waals surface area contributed by atoms with Crippen LogP contribution in [0.25, 0.3) is 16.9 Å². The Morgan fingerprint density at radius 1 is 1.03 bits per heavy atom. The number of nitrogens with zero attached hydrogens (tertiary/aromatic N) is 3. The van der Waals surface area contributed by atoms with E-state index in [9.17, 15) is 4.79 Å². The monoisotopic (exact) mass is 387 g/mol. The molecule has 7 heteroatoms. The summed E-state index contributed by atoms with van der Waals surface area (Å²) in [6.07, 6.45) is 5.46. The molecule has 0 saturated heterocycles. The fourth-order valence-corrected chi connectivity index (χ4v) is 3.09. The Morgan fingerprint density at radius 3 is 2.45 bits per heavy atom. The maximum atomic E-state index is 11.2. The van der Waals surface area contributed by atoms with Gasteiger partial charge in [0.2, 0.25) is 5.91 Å². The SMILES string of the molecule is CCOc1ccc(-c2cnc3c(Nc4ccc(NC(C)=O)cc4)nccn23)cc1. The summed E-state index contributed by atoms with van der Waals surface area (Å²) < 4.78 is 7.51. The van der Waals surface area contributed by atoms with Crippen molar-refractivity contribution in [3.8, 4) is 17.0 Å². The second-order valence-electron chi connectivity index (χ2n) is 6.45. The number of benzene rings is 2. The van der Waals surface area contributed by atoms with E-state index >= 15 is 0 Å². The van der Waals surface area contributed by atoms with Crippen molar-refractivity contribution in [1.29, 1.82) is 0 Å². The molecule has 0 fully saturated rings. The molecule has 1 amide bonds. The van der Waals surface area contributed by atoms with Gasteiger partial charge >= 0.3 is 0 Å². The first-order valence-electron chi connectivity index (χ1n) is 9.34. The molecule has 2 N–H and O–H groups in total. The molecule has 0 aliphatic carbocycles. The number of nitrogens with one attached hydrogen (secondary N) is 2. The number of imidazole rings is 1. The standard InChI is InChI=1S/C22H21N5O2/c1-3-29-19-10-4-16(5-11-19)20-14-24-22-21(23-12-13-27(20)22)26-18-8-6-17(7-9-18)25-15(2)28/h4-14H,3H2,1-2H3,(H,23,26)(H,25,28). The molecular weight excluding hydrogens is 366 g/mol. The quantitative estimate of drug-likeness (QED) is 0.509. The second-order valence-corrected chi connectivity index (χ2v) is 6.45. The number of ether oxygens (including phenoxy) is 1. The minimum Gasteiger partial charge on any atom is -0.494 e. The van der Waals surface area contributed by atoms with Gasteiger partial charge in [-0.1, -0.05) is 0 Å². The summed E-state index contributed by atoms with van der Waals surface area (Å²) in [6, 6.07) is 15.4. The van der Waals surface area contributed by atoms with Gasteiger partial charge in [-0.15, -0.1) is 0 Å². The van der Waals surface area contributed by atoms with Gasteiger partial charge in [0.15, 0.2) is 11.5 Å². The van der Waals surface area contributed by atoms with Crippen LogP contribution in [0.5, 0.6) is 5.75 Å². The lowest BCUT2D eigenvalue weighted by Gasteiger charge is -2.09. The smallest absolute Gasteiger partial charge is 0.221 e. The Morgan fingerprint density at radius 2 is 1.76 bits per heavy atom. The molecule has 29 heavy (non-hydrogen) atoms. The number of fused-ring (bicyclic) bond motifs is 1. The van der Waals surface area contributed by atoms with E-state index in [0.717, 1.165) is 34.0 Å². The normalized spacial score (nSPS) is 10.7. The van der Waals surface area contributed by atoms with E-state index in [2.05, 4.69) is 20.6 Å². The van der Waals surface area contributed by atoms with E-state index in [1.54, 1.807) is 6.20 Å². The van der Waals surface area contributed by atoms with Crippen LogP contribution in [0, 0.1) is 0 Å². The van der Waals surface area contributed by atoms with E-state index in [4.69, 9.17) is 4.74 Å². The van der Waals surface area contributed by atoms with Crippen molar-refractivity contribution in [3.63, 3.8) is 0 Å². The number of hydrogen-bond donors (Lipinski definition) is 2. The number of aromatic nitrogens is 3. The molecule has 2 heterocycles. The van der Waals surface area contributed by atoms with E-state index in [1.807, 2.05) is 72.2 Å². The molecule has 4 aromatic rings. The van der Waals surface area contributed by atoms with Crippen molar-refractivity contribution in [1.82, 2.24) is 14.4 Å². The van der Waals surface area contributed by atoms with Crippen LogP contribution in [0.3, 0.4) is 0 Å². The zero-order valence-corrected chi connectivity index (χ0v) is 16.2. The summed E-state index contributed by atoms with van der Waals surface area (Å²) in [4.78, 5) is 20.1. The van der Waals surface area contributed by atoms with Gasteiger partial charge in [0.25, 0.3) is 0 Å². The van der Waals surface area contributed by atoms with Crippen molar-refractivity contribution in [2.75, 3.05) is 17.2 Å². The lowest BCUT2D eigenvalue weighted by Crippen LogP contribution is -2.05. The molecule has 0 spiro atoms. The zero-order chi connectivity index (χ0) is 20.2. The zero-order valence-electron chi connectivity index (χ0n) is 16.2. The summed E-state index contributed by atoms with van der Waals surface area (Å²) in [6.45, 7) is 4.09. The minimum absolute atomic E-state index is 0.101. The maximum Gasteiger partial charge on any atom is 0.221 e. The van der Waals surface area contributed by atoms with Gasteiger partial charge in [-0.3, -0.25) is 9.20 Å². The predicted molar refractivity (Wildman–Crippen MR) is 114 cm³/mol. The number of carbonyl (C=O) groups is 1. The Bertz CT molecular complexity index is 1130. The third-order valence-electron chi connectivity index (χ3n) is 4.36. The number of amides is 1. The average Bonchev–Trinajstić information content (AvgIpc) is 3.15. The van der Waals surface area contributed by atoms with Crippen LogP contribution in [-0.2, 0) is 4.79 Å². The molecule has 2 aromatic carbocycles. The molecular formula is C22H21N5O2. The maximum absolute atomic E-state index is 11.2. The van der Waals surface area contributed by atoms with Crippen LogP contribution < -0.4 is 15.4 Å². The third kappa shape index (κ3) is 4.03. The van der Waals surface area contributed by atoms with Crippen molar-refractivity contribution in [2.45, 2.75) is 13.8 Å². The highest BCUT2D eigenvalue weighted by Gasteiger charge is 2.11. The van der Waals surface area contributed by atoms with Gasteiger partial charge in [-0.25, -0.2) is 9.97 Å². The highest BCUT2D eigenvalue weighted by atomic mass is 16.5. The van der Waals surface area contributed by atoms with Gasteiger partial charge in [0, 0.05) is 36.3 Å². The van der Waals surface area contributed by atoms with Gasteiger partial charge in [-0.2, -0.15) is 0 Å². The molecule has 0 aliphatic heterocycles. The Kier molecular flexibility index (Phi) is 5.11. The van der Waals surface area contributed by atoms with Gasteiger partial charge in [-0.05, 0) is 55.5 Å². The fourth-order valence-electron chi connectivity index (χ4n) is 3.09. The summed E-state index contributed by atoms with van der Waals surface area (Å²) in [5.41, 5.74) is 4.33. The molecule has 0 unspecified atom stereocenters. The lowest BCUT2D eigenvalue weighted by atomic mass is 10.1. The lowest BCUT2D eigenvalue weighted by molar-refractivity contribution is -0.114. The third-order valence-corrected chi connectivity index (χ3v) is 4.36. The Balaban J connectivity index is 1.61. The molecule has 0 atom stereocenters. The number of rotatable bonds is 6. The second kappa shape index (κ2) is 8.02. The van der Waals surface area contributed by atoms with Crippen LogP contribution in [0.1, 0.15) is 13.8 Å². The molecule has 146 valence electrons. The molecule has 0 bridgehead atoms. The summed E-state index contributed by atoms with van der Waals surface area (Å²) in [5.74, 6) is 1.39. The number of hydrogen-bond acceptors (Lipinski definition) is 5. The first-order valence-corrected chi connectivity index (χ1v) is 9.34. The largest absolute Gasteiger partial charge is 0.494 e. The van der Waals surface area contributed by atoms with Crippen molar-refractivity contribution < 1.29 is 9.53 Å². The summed E-state index contributed by atoms with van der Waals surface area (Å²) in [5, 5.41) is 6.04. The minimum atomic E-state index is -0.101. The van der Waals surface area contributed by atoms with Crippen molar-refractivity contribution in [2.24, 2.45) is 0 Å². The van der Waals surface area contributed by atoms with E-state index in [0.29, 0.717) is 12.4 Å². The topological polar surface area (TPSA) is 80.5 Å². The average molecular weight is 387 g/mol. The highest BCUT2D eigenvalue weighted by Crippen LogP contribution is 2.27. The van der Waals surface area contributed by atoms with Gasteiger partial charge in [0.05, 0.1) is 18.5 Å². The van der Waals surface area contributed by atoms with Crippen LogP contribution in [-0.4, -0.2) is 26.9 Å². The summed E-state index contributed by atoms with van der Waals surface area (Å²) in [7, 11) is 0. The van der Waals surface area contributed by atoms with Crippen LogP contribution in [0.4, 0.5) is 17.2 Å². The molecule has 0 saturated carbocycles. The molecule has 4 rings (SSSR count). The van der Waals surface area contributed by atoms with E-state index in [1.165, 1.54) is 6.92 Å². The highest BCUT2D eigenvalue weighted by molar-refractivity contribution is 5.89. The van der Waals surface area contributed by atoms with Crippen LogP contribution in [0.2, 0.25) is 0 Å². The van der Waals surface area contributed by atoms with E-state index in [-0.39, 0.29) is 5.91 Å². The number of carbonyl (C=O) groups excluding carboxylic acids is 1. The first kappa shape index (κ1) is 18.5. The Labute approximate surface area is 168 Å². The molecule has 0 radical (unpaired) electrons. The van der Waals surface area contributed by atoms with Crippen LogP contribution in [0.15, 0.2) is 67.1 Å². The summed E-state index contributed by atoms with van der Waals surface area (Å²) >= 11 is 0. The van der Waals surface area contributed by atoms with Crippen molar-refractivity contribution in [3.05, 3.63) is 67.1 Å². The van der Waals surface area contributed by atoms with Crippen LogP contribution >= 0.6 is 0 Å². The van der Waals surface area contributed by atoms with Crippen molar-refractivity contribution >= 4 is 28.7 Å². The van der Waals surface area contributed by atoms with Gasteiger partial charge < -0.3 is 15.4 Å². The molecule has 2 aromatic heterocycles. The first-order chi connectivity index (χ1) is 14.1. The van der Waals surface area contributed by atoms with E-state index < -0.39 is 0 Å². The fraction of sp³-hybridized carbons (Fsp3) is 0.136. The predicted octanol–water partition coefficient (Wildman–Crippen LogP) is 4.50.